The molecule has 0 aromatic carbocycles. The Kier molecular flexibility index (Phi) is 2.97. The molecule has 9 heteroatoms. The lowest BCUT2D eigenvalue weighted by atomic mass is 10.3. The van der Waals surface area contributed by atoms with E-state index in [-0.39, 0.29) is 11.0 Å². The number of hydrogen-bond acceptors (Lipinski definition) is 5. The highest BCUT2D eigenvalue weighted by Gasteiger charge is 2.41. The summed E-state index contributed by atoms with van der Waals surface area (Å²) < 4.78 is 53.0. The number of fused-ring (bicyclic) bond motifs is 1. The van der Waals surface area contributed by atoms with Crippen molar-refractivity contribution in [2.24, 2.45) is 0 Å². The van der Waals surface area contributed by atoms with E-state index in [0.29, 0.717) is 0 Å². The van der Waals surface area contributed by atoms with Gasteiger partial charge in [0.05, 0.1) is 17.2 Å². The average molecular weight is 275 g/mol. The molecule has 0 aliphatic heterocycles. The fourth-order valence-corrected chi connectivity index (χ4v) is 1.26. The second-order valence-corrected chi connectivity index (χ2v) is 3.45. The zero-order valence-electron chi connectivity index (χ0n) is 9.03. The number of nitrogens with zero attached hydrogens (tertiary/aromatic N) is 2. The van der Waals surface area contributed by atoms with E-state index in [0.717, 1.165) is 18.3 Å². The molecule has 0 fully saturated rings. The standard InChI is InChI=1S/C10H5F4N3O2/c11-4-1-6-5(16-3-4)2-7(8(15)17-6)19-9(18)10(12,13)14/h1-3H,(H2,15,17). The normalized spacial score (nSPS) is 11.6. The molecule has 0 atom stereocenters. The molecule has 2 rings (SSSR count). The SMILES string of the molecule is Nc1nc2cc(F)cnc2cc1OC(=O)C(F)(F)F. The number of pyridine rings is 2. The monoisotopic (exact) mass is 275 g/mol. The summed E-state index contributed by atoms with van der Waals surface area (Å²) in [6.07, 6.45) is -4.31. The van der Waals surface area contributed by atoms with Crippen LogP contribution >= 0.6 is 0 Å². The van der Waals surface area contributed by atoms with Gasteiger partial charge in [-0.3, -0.25) is 4.98 Å². The zero-order valence-corrected chi connectivity index (χ0v) is 9.03. The van der Waals surface area contributed by atoms with Crippen LogP contribution in [0.25, 0.3) is 11.0 Å². The van der Waals surface area contributed by atoms with Crippen LogP contribution in [0.4, 0.5) is 23.4 Å². The first kappa shape index (κ1) is 13.0. The highest BCUT2D eigenvalue weighted by Crippen LogP contribution is 2.26. The van der Waals surface area contributed by atoms with E-state index >= 15 is 0 Å². The quantitative estimate of drug-likeness (QED) is 0.634. The first-order chi connectivity index (χ1) is 8.77. The molecule has 2 aromatic heterocycles. The van der Waals surface area contributed by atoms with Crippen molar-refractivity contribution >= 4 is 22.8 Å². The minimum atomic E-state index is -5.16. The third-order valence-electron chi connectivity index (χ3n) is 2.06. The van der Waals surface area contributed by atoms with Crippen LogP contribution in [-0.4, -0.2) is 22.1 Å². The van der Waals surface area contributed by atoms with Crippen LogP contribution in [0.3, 0.4) is 0 Å². The predicted octanol–water partition coefficient (Wildman–Crippen LogP) is 1.82. The largest absolute Gasteiger partial charge is 0.491 e. The lowest BCUT2D eigenvalue weighted by molar-refractivity contribution is -0.189. The van der Waals surface area contributed by atoms with Gasteiger partial charge in [-0.2, -0.15) is 13.2 Å². The van der Waals surface area contributed by atoms with Crippen LogP contribution in [-0.2, 0) is 4.79 Å². The molecule has 0 aliphatic carbocycles. The molecule has 0 amide bonds. The highest BCUT2D eigenvalue weighted by atomic mass is 19.4. The Morgan fingerprint density at radius 2 is 1.95 bits per heavy atom. The second kappa shape index (κ2) is 4.34. The smallest absolute Gasteiger partial charge is 0.416 e. The fourth-order valence-electron chi connectivity index (χ4n) is 1.26. The van der Waals surface area contributed by atoms with Gasteiger partial charge in [0, 0.05) is 12.1 Å². The molecule has 0 bridgehead atoms. The zero-order chi connectivity index (χ0) is 14.2. The van der Waals surface area contributed by atoms with Crippen LogP contribution in [0.1, 0.15) is 0 Å². The van der Waals surface area contributed by atoms with Gasteiger partial charge in [-0.15, -0.1) is 0 Å². The molecule has 19 heavy (non-hydrogen) atoms. The number of carbonyl (C=O) groups excluding carboxylic acids is 1. The van der Waals surface area contributed by atoms with Crippen LogP contribution in [0, 0.1) is 5.82 Å². The van der Waals surface area contributed by atoms with Gasteiger partial charge in [-0.05, 0) is 0 Å². The summed E-state index contributed by atoms with van der Waals surface area (Å²) in [4.78, 5) is 17.9. The molecule has 0 radical (unpaired) electrons. The number of anilines is 1. The van der Waals surface area contributed by atoms with E-state index in [2.05, 4.69) is 14.7 Å². The van der Waals surface area contributed by atoms with Crippen molar-refractivity contribution in [3.63, 3.8) is 0 Å². The first-order valence-electron chi connectivity index (χ1n) is 4.78. The molecule has 2 N–H and O–H groups in total. The van der Waals surface area contributed by atoms with E-state index in [9.17, 15) is 22.4 Å². The lowest BCUT2D eigenvalue weighted by Gasteiger charge is -2.09. The summed E-state index contributed by atoms with van der Waals surface area (Å²) in [5, 5.41) is 0. The number of carbonyl (C=O) groups is 1. The molecule has 100 valence electrons. The van der Waals surface area contributed by atoms with E-state index in [4.69, 9.17) is 5.73 Å². The van der Waals surface area contributed by atoms with E-state index in [1.807, 2.05) is 0 Å². The Morgan fingerprint density at radius 1 is 1.26 bits per heavy atom. The van der Waals surface area contributed by atoms with Gasteiger partial charge in [-0.1, -0.05) is 0 Å². The Balaban J connectivity index is 2.42. The molecular weight excluding hydrogens is 270 g/mol. The van der Waals surface area contributed by atoms with Crippen LogP contribution in [0.5, 0.6) is 5.75 Å². The van der Waals surface area contributed by atoms with Crippen LogP contribution < -0.4 is 10.5 Å². The van der Waals surface area contributed by atoms with Gasteiger partial charge < -0.3 is 10.5 Å². The number of esters is 1. The van der Waals surface area contributed by atoms with Gasteiger partial charge in [-0.25, -0.2) is 14.2 Å². The minimum absolute atomic E-state index is 0.0318. The summed E-state index contributed by atoms with van der Waals surface area (Å²) >= 11 is 0. The number of nitrogens with two attached hydrogens (primary N) is 1. The number of alkyl halides is 3. The van der Waals surface area contributed by atoms with E-state index in [1.165, 1.54) is 0 Å². The van der Waals surface area contributed by atoms with Gasteiger partial charge in [0.15, 0.2) is 11.6 Å². The summed E-state index contributed by atoms with van der Waals surface area (Å²) in [7, 11) is 0. The Bertz CT molecular complexity index is 657. The van der Waals surface area contributed by atoms with Crippen LogP contribution in [0.2, 0.25) is 0 Å². The van der Waals surface area contributed by atoms with Crippen molar-refractivity contribution in [2.75, 3.05) is 5.73 Å². The van der Waals surface area contributed by atoms with Gasteiger partial charge in [0.1, 0.15) is 5.82 Å². The molecular formula is C10H5F4N3O2. The minimum Gasteiger partial charge on any atom is -0.416 e. The third-order valence-corrected chi connectivity index (χ3v) is 2.06. The summed E-state index contributed by atoms with van der Waals surface area (Å²) in [6.45, 7) is 0. The topological polar surface area (TPSA) is 78.1 Å². The molecule has 5 nitrogen and oxygen atoms in total. The fraction of sp³-hybridized carbons (Fsp3) is 0.100. The molecule has 0 aliphatic rings. The van der Waals surface area contributed by atoms with Crippen molar-refractivity contribution in [2.45, 2.75) is 6.18 Å². The Labute approximate surface area is 103 Å². The number of aromatic nitrogens is 2. The number of halogens is 4. The van der Waals surface area contributed by atoms with Gasteiger partial charge in [0.25, 0.3) is 0 Å². The Morgan fingerprint density at radius 3 is 2.58 bits per heavy atom. The summed E-state index contributed by atoms with van der Waals surface area (Å²) in [5.74, 6) is -4.17. The lowest BCUT2D eigenvalue weighted by Crippen LogP contribution is -2.28. The van der Waals surface area contributed by atoms with Crippen molar-refractivity contribution in [1.29, 1.82) is 0 Å². The van der Waals surface area contributed by atoms with E-state index < -0.39 is 29.5 Å². The molecule has 0 unspecified atom stereocenters. The van der Waals surface area contributed by atoms with E-state index in [1.54, 1.807) is 0 Å². The van der Waals surface area contributed by atoms with Crippen molar-refractivity contribution in [1.82, 2.24) is 9.97 Å². The number of ether oxygens (including phenoxy) is 1. The summed E-state index contributed by atoms with van der Waals surface area (Å²) in [5.41, 5.74) is 5.40. The molecule has 2 heterocycles. The van der Waals surface area contributed by atoms with Crippen molar-refractivity contribution in [3.05, 3.63) is 24.1 Å². The number of hydrogen-bond donors (Lipinski definition) is 1. The maximum atomic E-state index is 12.9. The summed E-state index contributed by atoms with van der Waals surface area (Å²) in [6, 6.07) is 1.97. The first-order valence-corrected chi connectivity index (χ1v) is 4.78. The second-order valence-electron chi connectivity index (χ2n) is 3.45. The van der Waals surface area contributed by atoms with Gasteiger partial charge >= 0.3 is 12.1 Å². The maximum absolute atomic E-state index is 12.9. The Hall–Kier alpha value is -2.45. The maximum Gasteiger partial charge on any atom is 0.491 e. The molecule has 2 aromatic rings. The molecule has 0 saturated carbocycles. The van der Waals surface area contributed by atoms with Crippen molar-refractivity contribution < 1.29 is 27.1 Å². The number of rotatable bonds is 1. The average Bonchev–Trinajstić information content (AvgIpc) is 2.29. The van der Waals surface area contributed by atoms with Crippen molar-refractivity contribution in [3.8, 4) is 5.75 Å². The number of nitrogen functional groups attached to an aromatic ring is 1. The molecule has 0 spiro atoms. The highest BCUT2D eigenvalue weighted by molar-refractivity contribution is 5.83. The van der Waals surface area contributed by atoms with Gasteiger partial charge in [0.2, 0.25) is 0 Å². The third kappa shape index (κ3) is 2.69. The predicted molar refractivity (Wildman–Crippen MR) is 55.6 cm³/mol. The molecule has 0 saturated heterocycles. The van der Waals surface area contributed by atoms with Crippen LogP contribution in [0.15, 0.2) is 18.3 Å².